The third-order valence-electron chi connectivity index (χ3n) is 12.1. The van der Waals surface area contributed by atoms with Crippen molar-refractivity contribution in [1.29, 1.82) is 0 Å². The number of unbranched alkanes of at least 4 members (excludes halogenated alkanes) is 30. The van der Waals surface area contributed by atoms with E-state index >= 15 is 0 Å². The van der Waals surface area contributed by atoms with E-state index in [1.807, 2.05) is 0 Å². The molecule has 0 bridgehead atoms. The zero-order chi connectivity index (χ0) is 42.3. The summed E-state index contributed by atoms with van der Waals surface area (Å²) < 4.78 is 11.3. The first-order valence-electron chi connectivity index (χ1n) is 24.9. The van der Waals surface area contributed by atoms with Crippen LogP contribution in [0.15, 0.2) is 12.2 Å². The Morgan fingerprint density at radius 3 is 1.40 bits per heavy atom. The van der Waals surface area contributed by atoms with Crippen LogP contribution in [0.1, 0.15) is 239 Å². The van der Waals surface area contributed by atoms with E-state index in [0.29, 0.717) is 12.8 Å². The fourth-order valence-electron chi connectivity index (χ4n) is 8.10. The van der Waals surface area contributed by atoms with Gasteiger partial charge < -0.3 is 40.3 Å². The number of aliphatic hydroxyl groups is 5. The molecule has 58 heavy (non-hydrogen) atoms. The highest BCUT2D eigenvalue weighted by Gasteiger charge is 2.44. The van der Waals surface area contributed by atoms with E-state index in [-0.39, 0.29) is 12.5 Å². The Morgan fingerprint density at radius 1 is 0.569 bits per heavy atom. The molecule has 1 fully saturated rings. The average Bonchev–Trinajstić information content (AvgIpc) is 3.22. The van der Waals surface area contributed by atoms with E-state index in [9.17, 15) is 30.3 Å². The highest BCUT2D eigenvalue weighted by atomic mass is 16.7. The topological polar surface area (TPSA) is 149 Å². The van der Waals surface area contributed by atoms with Crippen molar-refractivity contribution in [2.24, 2.45) is 0 Å². The summed E-state index contributed by atoms with van der Waals surface area (Å²) >= 11 is 0. The molecule has 1 amide bonds. The molecular formula is C49H95NO8. The van der Waals surface area contributed by atoms with Crippen molar-refractivity contribution in [2.45, 2.75) is 281 Å². The normalized spacial score (nSPS) is 20.8. The molecule has 0 aromatic carbocycles. The van der Waals surface area contributed by atoms with Gasteiger partial charge in [-0.25, -0.2) is 0 Å². The fraction of sp³-hybridized carbons (Fsp3) is 0.939. The molecule has 344 valence electrons. The SMILES string of the molecule is CCCCCCCCCCCC/C=C\CCCCCCCCCC(=O)NC(COC1OC(CO)C(O)C(O)C1O)C(O)CCCCCCCCCCCCCCCC. The number of ether oxygens (including phenoxy) is 2. The van der Waals surface area contributed by atoms with Crippen molar-refractivity contribution >= 4 is 5.91 Å². The summed E-state index contributed by atoms with van der Waals surface area (Å²) in [6.07, 6.45) is 39.3. The minimum atomic E-state index is -1.55. The Kier molecular flexibility index (Phi) is 37.9. The second kappa shape index (κ2) is 40.0. The van der Waals surface area contributed by atoms with Gasteiger partial charge in [0, 0.05) is 6.42 Å². The Labute approximate surface area is 356 Å². The van der Waals surface area contributed by atoms with Crippen LogP contribution in [0.4, 0.5) is 0 Å². The lowest BCUT2D eigenvalue weighted by molar-refractivity contribution is -0.302. The van der Waals surface area contributed by atoms with Gasteiger partial charge in [0.25, 0.3) is 0 Å². The van der Waals surface area contributed by atoms with Crippen LogP contribution < -0.4 is 5.32 Å². The van der Waals surface area contributed by atoms with Crippen molar-refractivity contribution in [3.05, 3.63) is 12.2 Å². The Bertz CT molecular complexity index is 919. The molecule has 6 N–H and O–H groups in total. The summed E-state index contributed by atoms with van der Waals surface area (Å²) in [6, 6.07) is -0.717. The highest BCUT2D eigenvalue weighted by molar-refractivity contribution is 5.76. The van der Waals surface area contributed by atoms with E-state index in [2.05, 4.69) is 31.3 Å². The van der Waals surface area contributed by atoms with E-state index < -0.39 is 49.5 Å². The lowest BCUT2D eigenvalue weighted by Gasteiger charge is -2.40. The molecule has 0 spiro atoms. The molecule has 9 heteroatoms. The maximum atomic E-state index is 13.0. The maximum Gasteiger partial charge on any atom is 0.220 e. The fourth-order valence-corrected chi connectivity index (χ4v) is 8.10. The third-order valence-corrected chi connectivity index (χ3v) is 12.1. The highest BCUT2D eigenvalue weighted by Crippen LogP contribution is 2.23. The monoisotopic (exact) mass is 826 g/mol. The van der Waals surface area contributed by atoms with Crippen LogP contribution in [0.25, 0.3) is 0 Å². The zero-order valence-electron chi connectivity index (χ0n) is 37.8. The third kappa shape index (κ3) is 30.0. The van der Waals surface area contributed by atoms with Gasteiger partial charge in [0.2, 0.25) is 5.91 Å². The number of aliphatic hydroxyl groups excluding tert-OH is 5. The lowest BCUT2D eigenvalue weighted by Crippen LogP contribution is -2.60. The molecule has 7 atom stereocenters. The molecule has 0 aromatic rings. The Balaban J connectivity index is 2.27. The smallest absolute Gasteiger partial charge is 0.220 e. The van der Waals surface area contributed by atoms with Crippen molar-refractivity contribution in [3.63, 3.8) is 0 Å². The number of nitrogens with one attached hydrogen (secondary N) is 1. The van der Waals surface area contributed by atoms with Crippen LogP contribution in [-0.2, 0) is 14.3 Å². The van der Waals surface area contributed by atoms with Gasteiger partial charge in [-0.3, -0.25) is 4.79 Å². The number of hydrogen-bond donors (Lipinski definition) is 6. The quantitative estimate of drug-likeness (QED) is 0.0263. The van der Waals surface area contributed by atoms with E-state index in [0.717, 1.165) is 38.5 Å². The predicted octanol–water partition coefficient (Wildman–Crippen LogP) is 10.9. The van der Waals surface area contributed by atoms with Gasteiger partial charge in [0.05, 0.1) is 25.4 Å². The molecule has 0 aliphatic carbocycles. The molecule has 7 unspecified atom stereocenters. The van der Waals surface area contributed by atoms with Crippen LogP contribution >= 0.6 is 0 Å². The molecule has 1 heterocycles. The van der Waals surface area contributed by atoms with Gasteiger partial charge >= 0.3 is 0 Å². The summed E-state index contributed by atoms with van der Waals surface area (Å²) in [6.45, 7) is 3.85. The van der Waals surface area contributed by atoms with Crippen molar-refractivity contribution in [2.75, 3.05) is 13.2 Å². The van der Waals surface area contributed by atoms with Crippen molar-refractivity contribution in [1.82, 2.24) is 5.32 Å². The summed E-state index contributed by atoms with van der Waals surface area (Å²) in [5.41, 5.74) is 0. The van der Waals surface area contributed by atoms with Crippen LogP contribution in [0, 0.1) is 0 Å². The summed E-state index contributed by atoms with van der Waals surface area (Å²) in [5, 5.41) is 54.4. The van der Waals surface area contributed by atoms with Crippen molar-refractivity contribution in [3.8, 4) is 0 Å². The van der Waals surface area contributed by atoms with Crippen LogP contribution in [-0.4, -0.2) is 87.5 Å². The Hall–Kier alpha value is -1.07. The minimum absolute atomic E-state index is 0.136. The van der Waals surface area contributed by atoms with Gasteiger partial charge in [-0.05, 0) is 38.5 Å². The molecule has 1 saturated heterocycles. The maximum absolute atomic E-state index is 13.0. The summed E-state index contributed by atoms with van der Waals surface area (Å²) in [7, 11) is 0. The number of amides is 1. The number of allylic oxidation sites excluding steroid dienone is 2. The zero-order valence-corrected chi connectivity index (χ0v) is 37.8. The van der Waals surface area contributed by atoms with Gasteiger partial charge in [0.15, 0.2) is 6.29 Å². The van der Waals surface area contributed by atoms with Crippen LogP contribution in [0.5, 0.6) is 0 Å². The lowest BCUT2D eigenvalue weighted by atomic mass is 9.99. The standard InChI is InChI=1S/C49H95NO8/c1-3-5-7-9-11-13-15-17-19-20-21-22-23-24-25-27-29-31-33-35-37-39-45(53)50-42(41-57-49-48(56)47(55)46(54)44(40-51)58-49)43(52)38-36-34-32-30-28-26-18-16-14-12-10-8-6-4-2/h22-23,42-44,46-49,51-52,54-56H,3-21,24-41H2,1-2H3,(H,50,53)/b23-22-. The molecule has 1 rings (SSSR count). The van der Waals surface area contributed by atoms with E-state index in [1.165, 1.54) is 173 Å². The first-order valence-corrected chi connectivity index (χ1v) is 24.9. The summed E-state index contributed by atoms with van der Waals surface area (Å²) in [4.78, 5) is 13.0. The van der Waals surface area contributed by atoms with Gasteiger partial charge in [-0.1, -0.05) is 206 Å². The molecule has 1 aliphatic rings. The summed E-state index contributed by atoms with van der Waals surface area (Å²) in [5.74, 6) is -0.146. The van der Waals surface area contributed by atoms with E-state index in [1.54, 1.807) is 0 Å². The number of carbonyl (C=O) groups excluding carboxylic acids is 1. The number of hydrogen-bond acceptors (Lipinski definition) is 8. The van der Waals surface area contributed by atoms with Gasteiger partial charge in [0.1, 0.15) is 24.4 Å². The molecule has 0 radical (unpaired) electrons. The van der Waals surface area contributed by atoms with Gasteiger partial charge in [-0.15, -0.1) is 0 Å². The second-order valence-electron chi connectivity index (χ2n) is 17.6. The Morgan fingerprint density at radius 2 is 0.966 bits per heavy atom. The van der Waals surface area contributed by atoms with E-state index in [4.69, 9.17) is 9.47 Å². The van der Waals surface area contributed by atoms with Crippen molar-refractivity contribution < 1.29 is 39.8 Å². The molecule has 0 saturated carbocycles. The van der Waals surface area contributed by atoms with Crippen LogP contribution in [0.2, 0.25) is 0 Å². The first-order chi connectivity index (χ1) is 28.3. The molecule has 0 aromatic heterocycles. The first kappa shape index (κ1) is 54.9. The average molecular weight is 826 g/mol. The predicted molar refractivity (Wildman–Crippen MR) is 240 cm³/mol. The largest absolute Gasteiger partial charge is 0.394 e. The number of carbonyl (C=O) groups is 1. The minimum Gasteiger partial charge on any atom is -0.394 e. The molecule has 1 aliphatic heterocycles. The molecule has 9 nitrogen and oxygen atoms in total. The van der Waals surface area contributed by atoms with Crippen LogP contribution in [0.3, 0.4) is 0 Å². The second-order valence-corrected chi connectivity index (χ2v) is 17.6. The van der Waals surface area contributed by atoms with Gasteiger partial charge in [-0.2, -0.15) is 0 Å². The molecular weight excluding hydrogens is 731 g/mol. The number of rotatable bonds is 42.